The highest BCUT2D eigenvalue weighted by molar-refractivity contribution is 6.31. The van der Waals surface area contributed by atoms with Crippen molar-refractivity contribution >= 4 is 28.9 Å². The number of benzene rings is 2. The van der Waals surface area contributed by atoms with E-state index in [1.54, 1.807) is 18.2 Å². The zero-order valence-electron chi connectivity index (χ0n) is 12.3. The third-order valence-corrected chi connectivity index (χ3v) is 3.27. The first-order chi connectivity index (χ1) is 11.0. The van der Waals surface area contributed by atoms with Gasteiger partial charge >= 0.3 is 0 Å². The summed E-state index contributed by atoms with van der Waals surface area (Å²) in [6, 6.07) is 8.76. The predicted molar refractivity (Wildman–Crippen MR) is 85.6 cm³/mol. The molecule has 1 N–H and O–H groups in total. The van der Waals surface area contributed by atoms with Crippen LogP contribution in [0.4, 0.5) is 11.4 Å². The average Bonchev–Trinajstić information content (AvgIpc) is 2.54. The number of amides is 1. The maximum atomic E-state index is 12.2. The van der Waals surface area contributed by atoms with Gasteiger partial charge in [-0.25, -0.2) is 0 Å². The number of anilines is 1. The Hall–Kier alpha value is -2.80. The summed E-state index contributed by atoms with van der Waals surface area (Å²) in [7, 11) is 2.76. The number of rotatable bonds is 5. The van der Waals surface area contributed by atoms with Crippen LogP contribution >= 0.6 is 11.6 Å². The summed E-state index contributed by atoms with van der Waals surface area (Å²) >= 11 is 5.84. The molecule has 0 heterocycles. The van der Waals surface area contributed by atoms with Crippen molar-refractivity contribution in [2.45, 2.75) is 0 Å². The molecule has 1 amide bonds. The fraction of sp³-hybridized carbons (Fsp3) is 0.133. The Bertz CT molecular complexity index is 764. The molecule has 2 rings (SSSR count). The molecule has 8 heteroatoms. The topological polar surface area (TPSA) is 90.7 Å². The Morgan fingerprint density at radius 3 is 2.39 bits per heavy atom. The molecule has 0 radical (unpaired) electrons. The summed E-state index contributed by atoms with van der Waals surface area (Å²) in [6.45, 7) is 0. The molecule has 0 unspecified atom stereocenters. The number of ether oxygens (including phenoxy) is 2. The SMILES string of the molecule is COc1cc(NC(=O)c2cccc(Cl)c2)c([N+](=O)[O-])cc1OC. The monoisotopic (exact) mass is 336 g/mol. The third kappa shape index (κ3) is 3.70. The maximum Gasteiger partial charge on any atom is 0.296 e. The summed E-state index contributed by atoms with van der Waals surface area (Å²) in [5, 5.41) is 14.1. The lowest BCUT2D eigenvalue weighted by atomic mass is 10.2. The van der Waals surface area contributed by atoms with Gasteiger partial charge in [-0.15, -0.1) is 0 Å². The van der Waals surface area contributed by atoms with E-state index >= 15 is 0 Å². The first-order valence-electron chi connectivity index (χ1n) is 6.43. The fourth-order valence-electron chi connectivity index (χ4n) is 1.94. The number of carbonyl (C=O) groups excluding carboxylic acids is 1. The van der Waals surface area contributed by atoms with Gasteiger partial charge in [-0.1, -0.05) is 17.7 Å². The summed E-state index contributed by atoms with van der Waals surface area (Å²) in [5.74, 6) is -0.0673. The van der Waals surface area contributed by atoms with Crippen LogP contribution in [0.25, 0.3) is 0 Å². The van der Waals surface area contributed by atoms with E-state index in [9.17, 15) is 14.9 Å². The van der Waals surface area contributed by atoms with Crippen LogP contribution in [0.2, 0.25) is 5.02 Å². The molecule has 0 aliphatic rings. The first kappa shape index (κ1) is 16.6. The predicted octanol–water partition coefficient (Wildman–Crippen LogP) is 3.52. The number of hydrogen-bond donors (Lipinski definition) is 1. The van der Waals surface area contributed by atoms with Gasteiger partial charge in [0.1, 0.15) is 5.69 Å². The summed E-state index contributed by atoms with van der Waals surface area (Å²) in [5.41, 5.74) is -0.0303. The fourth-order valence-corrected chi connectivity index (χ4v) is 2.13. The highest BCUT2D eigenvalue weighted by atomic mass is 35.5. The van der Waals surface area contributed by atoms with Gasteiger partial charge in [0.25, 0.3) is 11.6 Å². The quantitative estimate of drug-likeness (QED) is 0.666. The number of nitro benzene ring substituents is 1. The third-order valence-electron chi connectivity index (χ3n) is 3.03. The normalized spacial score (nSPS) is 10.0. The molecular formula is C15H13ClN2O5. The van der Waals surface area contributed by atoms with Gasteiger partial charge in [0, 0.05) is 16.7 Å². The zero-order chi connectivity index (χ0) is 17.0. The number of nitrogens with one attached hydrogen (secondary N) is 1. The van der Waals surface area contributed by atoms with Crippen molar-refractivity contribution in [3.05, 3.63) is 57.1 Å². The molecule has 120 valence electrons. The first-order valence-corrected chi connectivity index (χ1v) is 6.81. The Kier molecular flexibility index (Phi) is 5.02. The van der Waals surface area contributed by atoms with Gasteiger partial charge in [-0.05, 0) is 18.2 Å². The molecular weight excluding hydrogens is 324 g/mol. The maximum absolute atomic E-state index is 12.2. The highest BCUT2D eigenvalue weighted by Crippen LogP contribution is 2.37. The van der Waals surface area contributed by atoms with Crippen molar-refractivity contribution < 1.29 is 19.2 Å². The second-order valence-corrected chi connectivity index (χ2v) is 4.88. The average molecular weight is 337 g/mol. The van der Waals surface area contributed by atoms with Crippen LogP contribution in [0.15, 0.2) is 36.4 Å². The van der Waals surface area contributed by atoms with Crippen molar-refractivity contribution in [2.24, 2.45) is 0 Å². The van der Waals surface area contributed by atoms with Crippen LogP contribution in [0, 0.1) is 10.1 Å². The number of halogens is 1. The number of hydrogen-bond acceptors (Lipinski definition) is 5. The van der Waals surface area contributed by atoms with Crippen molar-refractivity contribution in [3.63, 3.8) is 0 Å². The van der Waals surface area contributed by atoms with E-state index in [0.29, 0.717) is 5.02 Å². The van der Waals surface area contributed by atoms with E-state index in [1.807, 2.05) is 0 Å². The van der Waals surface area contributed by atoms with Crippen LogP contribution in [-0.4, -0.2) is 25.1 Å². The number of methoxy groups -OCH3 is 2. The molecule has 7 nitrogen and oxygen atoms in total. The van der Waals surface area contributed by atoms with Gasteiger partial charge in [-0.2, -0.15) is 0 Å². The molecule has 0 bridgehead atoms. The second kappa shape index (κ2) is 6.97. The molecule has 0 saturated heterocycles. The minimum absolute atomic E-state index is 0.00220. The van der Waals surface area contributed by atoms with Crippen LogP contribution in [0.1, 0.15) is 10.4 Å². The molecule has 0 aliphatic heterocycles. The summed E-state index contributed by atoms with van der Waals surface area (Å²) in [6.07, 6.45) is 0. The van der Waals surface area contributed by atoms with E-state index in [2.05, 4.69) is 5.32 Å². The largest absolute Gasteiger partial charge is 0.493 e. The standard InChI is InChI=1S/C15H13ClN2O5/c1-22-13-7-11(12(18(20)21)8-14(13)23-2)17-15(19)9-4-3-5-10(16)6-9/h3-8H,1-2H3,(H,17,19). The number of carbonyl (C=O) groups is 1. The summed E-state index contributed by atoms with van der Waals surface area (Å²) in [4.78, 5) is 22.8. The number of nitro groups is 1. The molecule has 2 aromatic rings. The molecule has 0 aromatic heterocycles. The van der Waals surface area contributed by atoms with E-state index in [0.717, 1.165) is 0 Å². The molecule has 0 spiro atoms. The smallest absolute Gasteiger partial charge is 0.296 e. The van der Waals surface area contributed by atoms with Gasteiger partial charge in [-0.3, -0.25) is 14.9 Å². The summed E-state index contributed by atoms with van der Waals surface area (Å²) < 4.78 is 10.1. The second-order valence-electron chi connectivity index (χ2n) is 4.45. The van der Waals surface area contributed by atoms with Gasteiger partial charge in [0.2, 0.25) is 0 Å². The molecule has 2 aromatic carbocycles. The Morgan fingerprint density at radius 2 is 1.83 bits per heavy atom. The number of nitrogens with zero attached hydrogens (tertiary/aromatic N) is 1. The lowest BCUT2D eigenvalue weighted by Crippen LogP contribution is -2.13. The van der Waals surface area contributed by atoms with E-state index < -0.39 is 10.8 Å². The lowest BCUT2D eigenvalue weighted by molar-refractivity contribution is -0.384. The van der Waals surface area contributed by atoms with Gasteiger partial charge in [0.15, 0.2) is 11.5 Å². The van der Waals surface area contributed by atoms with Crippen LogP contribution in [0.5, 0.6) is 11.5 Å². The zero-order valence-corrected chi connectivity index (χ0v) is 13.1. The highest BCUT2D eigenvalue weighted by Gasteiger charge is 2.21. The Labute approximate surface area is 136 Å². The van der Waals surface area contributed by atoms with Crippen molar-refractivity contribution in [1.29, 1.82) is 0 Å². The van der Waals surface area contributed by atoms with E-state index in [-0.39, 0.29) is 28.4 Å². The van der Waals surface area contributed by atoms with Crippen molar-refractivity contribution in [1.82, 2.24) is 0 Å². The van der Waals surface area contributed by atoms with Crippen LogP contribution < -0.4 is 14.8 Å². The molecule has 23 heavy (non-hydrogen) atoms. The Morgan fingerprint density at radius 1 is 1.17 bits per heavy atom. The molecule has 0 saturated carbocycles. The molecule has 0 aliphatic carbocycles. The van der Waals surface area contributed by atoms with E-state index in [4.69, 9.17) is 21.1 Å². The minimum Gasteiger partial charge on any atom is -0.493 e. The van der Waals surface area contributed by atoms with Crippen molar-refractivity contribution in [3.8, 4) is 11.5 Å². The van der Waals surface area contributed by atoms with Crippen molar-refractivity contribution in [2.75, 3.05) is 19.5 Å². The van der Waals surface area contributed by atoms with Crippen LogP contribution in [-0.2, 0) is 0 Å². The Balaban J connectivity index is 2.41. The van der Waals surface area contributed by atoms with Gasteiger partial charge in [0.05, 0.1) is 25.2 Å². The minimum atomic E-state index is -0.616. The molecule has 0 atom stereocenters. The molecule has 0 fully saturated rings. The van der Waals surface area contributed by atoms with Gasteiger partial charge < -0.3 is 14.8 Å². The van der Waals surface area contributed by atoms with Crippen LogP contribution in [0.3, 0.4) is 0 Å². The lowest BCUT2D eigenvalue weighted by Gasteiger charge is -2.11. The van der Waals surface area contributed by atoms with E-state index in [1.165, 1.54) is 32.4 Å².